The van der Waals surface area contributed by atoms with Crippen molar-refractivity contribution in [2.45, 2.75) is 25.9 Å². The first-order valence-electron chi connectivity index (χ1n) is 6.19. The van der Waals surface area contributed by atoms with Crippen LogP contribution in [0.25, 0.3) is 0 Å². The fourth-order valence-electron chi connectivity index (χ4n) is 1.60. The number of thioether (sulfide) groups is 1. The first-order valence-corrected chi connectivity index (χ1v) is 7.58. The summed E-state index contributed by atoms with van der Waals surface area (Å²) in [6, 6.07) is -1.35. The molecule has 0 aliphatic heterocycles. The van der Waals surface area contributed by atoms with Crippen LogP contribution in [0.4, 0.5) is 4.79 Å². The third-order valence-electron chi connectivity index (χ3n) is 2.99. The summed E-state index contributed by atoms with van der Waals surface area (Å²) in [5, 5.41) is 18.2. The summed E-state index contributed by atoms with van der Waals surface area (Å²) < 4.78 is 1.72. The molecule has 0 radical (unpaired) electrons. The number of rotatable bonds is 7. The lowest BCUT2D eigenvalue weighted by molar-refractivity contribution is -0.139. The molecule has 0 aliphatic carbocycles. The molecule has 1 heterocycles. The number of aryl methyl sites for hydroxylation is 1. The number of hydrogen-bond acceptors (Lipinski definition) is 4. The number of nitrogens with one attached hydrogen (secondary N) is 2. The molecule has 1 rings (SSSR count). The number of aromatic nitrogens is 2. The Morgan fingerprint density at radius 3 is 2.75 bits per heavy atom. The van der Waals surface area contributed by atoms with E-state index in [4.69, 9.17) is 5.11 Å². The van der Waals surface area contributed by atoms with Crippen LogP contribution in [0.2, 0.25) is 0 Å². The monoisotopic (exact) mass is 300 g/mol. The van der Waals surface area contributed by atoms with Gasteiger partial charge in [0.25, 0.3) is 0 Å². The number of carboxylic acid groups (broad SMARTS) is 1. The summed E-state index contributed by atoms with van der Waals surface area (Å²) in [6.07, 6.45) is 3.97. The van der Waals surface area contributed by atoms with E-state index in [0.29, 0.717) is 18.7 Å². The molecule has 8 heteroatoms. The zero-order valence-corrected chi connectivity index (χ0v) is 12.7. The molecule has 0 aliphatic rings. The van der Waals surface area contributed by atoms with Crippen LogP contribution >= 0.6 is 11.8 Å². The lowest BCUT2D eigenvalue weighted by atomic mass is 10.2. The Kier molecular flexibility index (Phi) is 6.37. The number of carboxylic acids is 1. The minimum absolute atomic E-state index is 0.320. The highest BCUT2D eigenvalue weighted by Crippen LogP contribution is 2.05. The Hall–Kier alpha value is -1.70. The van der Waals surface area contributed by atoms with Crippen molar-refractivity contribution < 1.29 is 14.7 Å². The van der Waals surface area contributed by atoms with Crippen LogP contribution in [0.1, 0.15) is 17.7 Å². The van der Waals surface area contributed by atoms with Crippen molar-refractivity contribution in [3.63, 3.8) is 0 Å². The van der Waals surface area contributed by atoms with Crippen LogP contribution in [-0.2, 0) is 18.4 Å². The molecular formula is C12H20N4O3S. The highest BCUT2D eigenvalue weighted by molar-refractivity contribution is 7.98. The van der Waals surface area contributed by atoms with Crippen LogP contribution < -0.4 is 10.6 Å². The molecule has 0 unspecified atom stereocenters. The van der Waals surface area contributed by atoms with Gasteiger partial charge in [-0.05, 0) is 25.4 Å². The van der Waals surface area contributed by atoms with Gasteiger partial charge in [0.2, 0.25) is 0 Å². The number of hydrogen-bond donors (Lipinski definition) is 3. The third-order valence-corrected chi connectivity index (χ3v) is 3.63. The van der Waals surface area contributed by atoms with Gasteiger partial charge in [-0.15, -0.1) is 0 Å². The molecule has 0 saturated carbocycles. The Morgan fingerprint density at radius 1 is 1.55 bits per heavy atom. The van der Waals surface area contributed by atoms with Gasteiger partial charge in [-0.1, -0.05) is 0 Å². The van der Waals surface area contributed by atoms with Gasteiger partial charge in [0.15, 0.2) is 0 Å². The van der Waals surface area contributed by atoms with Crippen LogP contribution in [0.15, 0.2) is 6.20 Å². The molecular weight excluding hydrogens is 280 g/mol. The van der Waals surface area contributed by atoms with Gasteiger partial charge in [0, 0.05) is 24.8 Å². The molecule has 0 aromatic carbocycles. The molecule has 0 spiro atoms. The smallest absolute Gasteiger partial charge is 0.326 e. The minimum atomic E-state index is -1.02. The van der Waals surface area contributed by atoms with Crippen molar-refractivity contribution in [1.29, 1.82) is 0 Å². The van der Waals surface area contributed by atoms with Crippen molar-refractivity contribution >= 4 is 23.8 Å². The molecule has 3 N–H and O–H groups in total. The summed E-state index contributed by atoms with van der Waals surface area (Å²) in [7, 11) is 1.82. The van der Waals surface area contributed by atoms with Gasteiger partial charge in [-0.3, -0.25) is 4.68 Å². The Labute approximate surface area is 122 Å². The molecule has 2 amide bonds. The fourth-order valence-corrected chi connectivity index (χ4v) is 2.07. The number of carbonyl (C=O) groups excluding carboxylic acids is 1. The summed E-state index contributed by atoms with van der Waals surface area (Å²) in [5.41, 5.74) is 1.86. The van der Waals surface area contributed by atoms with Crippen molar-refractivity contribution in [3.05, 3.63) is 17.5 Å². The second kappa shape index (κ2) is 7.78. The number of carbonyl (C=O) groups is 2. The molecule has 112 valence electrons. The highest BCUT2D eigenvalue weighted by Gasteiger charge is 2.19. The van der Waals surface area contributed by atoms with Crippen molar-refractivity contribution in [1.82, 2.24) is 20.4 Å². The minimum Gasteiger partial charge on any atom is -0.480 e. The summed E-state index contributed by atoms with van der Waals surface area (Å²) in [6.45, 7) is 2.22. The van der Waals surface area contributed by atoms with E-state index in [1.54, 1.807) is 22.6 Å². The van der Waals surface area contributed by atoms with Gasteiger partial charge in [0.1, 0.15) is 6.04 Å². The zero-order valence-electron chi connectivity index (χ0n) is 11.8. The molecule has 20 heavy (non-hydrogen) atoms. The van der Waals surface area contributed by atoms with E-state index >= 15 is 0 Å². The second-order valence-electron chi connectivity index (χ2n) is 4.38. The summed E-state index contributed by atoms with van der Waals surface area (Å²) >= 11 is 1.54. The van der Waals surface area contributed by atoms with Gasteiger partial charge < -0.3 is 15.7 Å². The van der Waals surface area contributed by atoms with Crippen LogP contribution in [0.3, 0.4) is 0 Å². The van der Waals surface area contributed by atoms with Gasteiger partial charge in [-0.25, -0.2) is 9.59 Å². The lowest BCUT2D eigenvalue weighted by Crippen LogP contribution is -2.46. The maximum absolute atomic E-state index is 11.7. The SMILES string of the molecule is CSCC[C@H](NC(=O)NCc1cnn(C)c1C)C(=O)O. The normalized spacial score (nSPS) is 11.9. The molecule has 1 aromatic heterocycles. The summed E-state index contributed by atoms with van der Waals surface area (Å²) in [4.78, 5) is 22.7. The van der Waals surface area contributed by atoms with Gasteiger partial charge in [0.05, 0.1) is 6.20 Å². The largest absolute Gasteiger partial charge is 0.480 e. The Balaban J connectivity index is 2.45. The van der Waals surface area contributed by atoms with Crippen LogP contribution in [0, 0.1) is 6.92 Å². The van der Waals surface area contributed by atoms with Crippen molar-refractivity contribution in [2.24, 2.45) is 7.05 Å². The Morgan fingerprint density at radius 2 is 2.25 bits per heavy atom. The van der Waals surface area contributed by atoms with E-state index in [1.165, 1.54) is 0 Å². The Bertz CT molecular complexity index is 475. The lowest BCUT2D eigenvalue weighted by Gasteiger charge is -2.14. The molecule has 1 atom stereocenters. The second-order valence-corrected chi connectivity index (χ2v) is 5.36. The van der Waals surface area contributed by atoms with E-state index in [1.807, 2.05) is 20.2 Å². The first kappa shape index (κ1) is 16.4. The molecule has 0 fully saturated rings. The standard InChI is InChI=1S/C12H20N4O3S/c1-8-9(7-14-16(8)2)6-13-12(19)15-10(11(17)18)4-5-20-3/h7,10H,4-6H2,1-3H3,(H,17,18)(H2,13,15,19)/t10-/m0/s1. The number of urea groups is 1. The molecule has 7 nitrogen and oxygen atoms in total. The first-order chi connectivity index (χ1) is 9.45. The third kappa shape index (κ3) is 4.76. The van der Waals surface area contributed by atoms with E-state index in [-0.39, 0.29) is 0 Å². The molecule has 1 aromatic rings. The number of aliphatic carboxylic acids is 1. The average molecular weight is 300 g/mol. The van der Waals surface area contributed by atoms with Crippen LogP contribution in [-0.4, -0.2) is 44.9 Å². The van der Waals surface area contributed by atoms with Crippen molar-refractivity contribution in [3.8, 4) is 0 Å². The quantitative estimate of drug-likeness (QED) is 0.690. The highest BCUT2D eigenvalue weighted by atomic mass is 32.2. The van der Waals surface area contributed by atoms with E-state index < -0.39 is 18.0 Å². The van der Waals surface area contributed by atoms with Gasteiger partial charge in [-0.2, -0.15) is 16.9 Å². The zero-order chi connectivity index (χ0) is 15.1. The maximum Gasteiger partial charge on any atom is 0.326 e. The number of amides is 2. The molecule has 0 saturated heterocycles. The summed E-state index contributed by atoms with van der Waals surface area (Å²) in [5.74, 6) is -0.342. The van der Waals surface area contributed by atoms with Crippen molar-refractivity contribution in [2.75, 3.05) is 12.0 Å². The van der Waals surface area contributed by atoms with Crippen LogP contribution in [0.5, 0.6) is 0 Å². The van der Waals surface area contributed by atoms with E-state index in [9.17, 15) is 9.59 Å². The topological polar surface area (TPSA) is 96.3 Å². The number of nitrogens with zero attached hydrogens (tertiary/aromatic N) is 2. The molecule has 0 bridgehead atoms. The van der Waals surface area contributed by atoms with E-state index in [2.05, 4.69) is 15.7 Å². The maximum atomic E-state index is 11.7. The predicted octanol–water partition coefficient (Wildman–Crippen LogP) is 0.734. The van der Waals surface area contributed by atoms with Gasteiger partial charge >= 0.3 is 12.0 Å². The fraction of sp³-hybridized carbons (Fsp3) is 0.583. The van der Waals surface area contributed by atoms with E-state index in [0.717, 1.165) is 11.3 Å². The average Bonchev–Trinajstić information content (AvgIpc) is 2.72. The predicted molar refractivity (Wildman–Crippen MR) is 77.7 cm³/mol.